The molecule has 244 valence electrons. The Morgan fingerprint density at radius 1 is 0.957 bits per heavy atom. The van der Waals surface area contributed by atoms with Crippen LogP contribution in [0, 0.1) is 17.8 Å². The molecule has 3 fully saturated rings. The average molecular weight is 635 g/mol. The number of aliphatic hydroxyl groups excluding tert-OH is 1. The summed E-state index contributed by atoms with van der Waals surface area (Å²) in [7, 11) is -1.00. The second kappa shape index (κ2) is 13.8. The summed E-state index contributed by atoms with van der Waals surface area (Å²) in [5.41, 5.74) is 5.57. The van der Waals surface area contributed by atoms with Gasteiger partial charge in [0.2, 0.25) is 11.8 Å². The number of imide groups is 1. The molecule has 2 aromatic carbocycles. The molecule has 0 radical (unpaired) electrons. The molecule has 9 heteroatoms. The van der Waals surface area contributed by atoms with Gasteiger partial charge in [-0.1, -0.05) is 66.2 Å². The van der Waals surface area contributed by atoms with E-state index in [1.54, 1.807) is 11.0 Å². The summed E-state index contributed by atoms with van der Waals surface area (Å²) in [6.07, 6.45) is 5.33. The summed E-state index contributed by atoms with van der Waals surface area (Å²) in [6.45, 7) is 4.49. The molecule has 2 amide bonds. The summed E-state index contributed by atoms with van der Waals surface area (Å²) >= 11 is 0. The molecule has 1 aliphatic carbocycles. The summed E-state index contributed by atoms with van der Waals surface area (Å²) in [5, 5.41) is 20.5. The highest BCUT2D eigenvalue weighted by Gasteiger charge is 2.58. The van der Waals surface area contributed by atoms with Crippen molar-refractivity contribution in [3.8, 4) is 0 Å². The molecule has 0 unspecified atom stereocenters. The molecule has 3 aliphatic heterocycles. The number of likely N-dealkylation sites (tertiary alicyclic amines) is 2. The predicted octanol–water partition coefficient (Wildman–Crippen LogP) is 5.57. The van der Waals surface area contributed by atoms with Crippen LogP contribution in [-0.2, 0) is 27.4 Å². The van der Waals surface area contributed by atoms with Crippen molar-refractivity contribution in [1.82, 2.24) is 9.80 Å². The standard InChI is InChI=1S/C38H43BN2O6/c1-25-20-32-36(38(44)41(37(32)43)29-16-18-40(19-17-29)23-26-8-4-2-5-9-26)33-22-39(45)47-34(35(25)33)15-12-28(27-10-6-3-7-11-27)21-30-13-14-31(24-42)46-30/h2-11,13-14,21,29,32-34,36,42,45H,12,15-20,22-24H2,1H3/b28-21-/t32-,33+,34-,36-/m1/s1. The van der Waals surface area contributed by atoms with Gasteiger partial charge in [0.05, 0.1) is 17.9 Å². The fourth-order valence-electron chi connectivity index (χ4n) is 8.45. The molecule has 8 nitrogen and oxygen atoms in total. The van der Waals surface area contributed by atoms with Gasteiger partial charge in [-0.05, 0) is 91.7 Å². The lowest BCUT2D eigenvalue weighted by atomic mass is 9.58. The Morgan fingerprint density at radius 2 is 1.68 bits per heavy atom. The maximum absolute atomic E-state index is 14.2. The van der Waals surface area contributed by atoms with Crippen LogP contribution in [0.1, 0.15) is 61.7 Å². The fraction of sp³-hybridized carbons (Fsp3) is 0.421. The minimum absolute atomic E-state index is 0.0348. The van der Waals surface area contributed by atoms with Crippen molar-refractivity contribution < 1.29 is 28.8 Å². The van der Waals surface area contributed by atoms with E-state index < -0.39 is 13.0 Å². The molecule has 1 aromatic heterocycles. The smallest absolute Gasteiger partial charge is 0.455 e. The van der Waals surface area contributed by atoms with E-state index in [0.717, 1.165) is 54.8 Å². The Hall–Kier alpha value is -3.76. The van der Waals surface area contributed by atoms with Gasteiger partial charge in [0, 0.05) is 25.7 Å². The fourth-order valence-corrected chi connectivity index (χ4v) is 8.45. The highest BCUT2D eigenvalue weighted by Crippen LogP contribution is 2.51. The van der Waals surface area contributed by atoms with E-state index in [1.165, 1.54) is 5.56 Å². The third kappa shape index (κ3) is 6.55. The lowest BCUT2D eigenvalue weighted by Gasteiger charge is -2.42. The van der Waals surface area contributed by atoms with Gasteiger partial charge in [-0.2, -0.15) is 0 Å². The zero-order valence-electron chi connectivity index (χ0n) is 27.0. The second-order valence-electron chi connectivity index (χ2n) is 13.6. The first-order valence-corrected chi connectivity index (χ1v) is 17.0. The van der Waals surface area contributed by atoms with Gasteiger partial charge in [0.1, 0.15) is 18.1 Å². The second-order valence-corrected chi connectivity index (χ2v) is 13.6. The van der Waals surface area contributed by atoms with Crippen LogP contribution >= 0.6 is 0 Å². The minimum Gasteiger partial charge on any atom is -0.459 e. The monoisotopic (exact) mass is 634 g/mol. The van der Waals surface area contributed by atoms with Crippen LogP contribution in [0.4, 0.5) is 0 Å². The summed E-state index contributed by atoms with van der Waals surface area (Å²) in [4.78, 5) is 32.1. The zero-order chi connectivity index (χ0) is 32.5. The van der Waals surface area contributed by atoms with Gasteiger partial charge in [-0.15, -0.1) is 0 Å². The number of hydrogen-bond acceptors (Lipinski definition) is 7. The molecule has 3 aromatic rings. The van der Waals surface area contributed by atoms with Gasteiger partial charge in [-0.25, -0.2) is 0 Å². The van der Waals surface area contributed by atoms with Crippen molar-refractivity contribution in [3.63, 3.8) is 0 Å². The highest BCUT2D eigenvalue weighted by molar-refractivity contribution is 6.43. The van der Waals surface area contributed by atoms with Crippen molar-refractivity contribution in [3.05, 3.63) is 107 Å². The highest BCUT2D eigenvalue weighted by atomic mass is 16.5. The quantitative estimate of drug-likeness (QED) is 0.180. The van der Waals surface area contributed by atoms with E-state index in [0.29, 0.717) is 37.1 Å². The van der Waals surface area contributed by atoms with E-state index in [4.69, 9.17) is 9.07 Å². The van der Waals surface area contributed by atoms with Gasteiger partial charge >= 0.3 is 7.12 Å². The first-order chi connectivity index (χ1) is 22.9. The Kier molecular flexibility index (Phi) is 9.32. The Bertz CT molecular complexity index is 1640. The van der Waals surface area contributed by atoms with Gasteiger partial charge in [0.15, 0.2) is 0 Å². The molecule has 0 saturated carbocycles. The number of fused-ring (bicyclic) bond motifs is 3. The Labute approximate surface area is 276 Å². The number of furan rings is 1. The lowest BCUT2D eigenvalue weighted by molar-refractivity contribution is -0.144. The Morgan fingerprint density at radius 3 is 2.38 bits per heavy atom. The number of amides is 2. The molecule has 4 atom stereocenters. The van der Waals surface area contributed by atoms with E-state index in [1.807, 2.05) is 36.4 Å². The molecule has 2 N–H and O–H groups in total. The number of hydrogen-bond donors (Lipinski definition) is 2. The summed E-state index contributed by atoms with van der Waals surface area (Å²) < 4.78 is 12.0. The first kappa shape index (κ1) is 31.8. The van der Waals surface area contributed by atoms with Crippen LogP contribution in [0.15, 0.2) is 88.4 Å². The summed E-state index contributed by atoms with van der Waals surface area (Å²) in [6, 6.07) is 24.0. The third-order valence-corrected chi connectivity index (χ3v) is 10.6. The van der Waals surface area contributed by atoms with Crippen LogP contribution in [-0.4, -0.2) is 64.1 Å². The van der Waals surface area contributed by atoms with Crippen molar-refractivity contribution in [2.75, 3.05) is 13.1 Å². The number of carbonyl (C=O) groups excluding carboxylic acids is 2. The summed E-state index contributed by atoms with van der Waals surface area (Å²) in [5.74, 6) is 0.0260. The number of benzene rings is 2. The molecule has 47 heavy (non-hydrogen) atoms. The number of nitrogens with zero attached hydrogens (tertiary/aromatic N) is 2. The van der Waals surface area contributed by atoms with Crippen LogP contribution in [0.3, 0.4) is 0 Å². The number of piperidine rings is 1. The van der Waals surface area contributed by atoms with Crippen LogP contribution in [0.2, 0.25) is 6.32 Å². The van der Waals surface area contributed by atoms with E-state index >= 15 is 0 Å². The van der Waals surface area contributed by atoms with Crippen molar-refractivity contribution in [2.24, 2.45) is 17.8 Å². The largest absolute Gasteiger partial charge is 0.459 e. The first-order valence-electron chi connectivity index (χ1n) is 17.0. The molecule has 4 heterocycles. The molecule has 7 rings (SSSR count). The number of rotatable bonds is 9. The Balaban J connectivity index is 1.07. The molecule has 0 spiro atoms. The third-order valence-electron chi connectivity index (χ3n) is 10.6. The van der Waals surface area contributed by atoms with Crippen molar-refractivity contribution >= 4 is 30.6 Å². The number of aliphatic hydroxyl groups is 1. The lowest BCUT2D eigenvalue weighted by Crippen LogP contribution is -2.48. The average Bonchev–Trinajstić information content (AvgIpc) is 3.65. The van der Waals surface area contributed by atoms with Crippen LogP contribution in [0.5, 0.6) is 0 Å². The van der Waals surface area contributed by atoms with E-state index in [9.17, 15) is 19.7 Å². The molecule has 0 bridgehead atoms. The number of allylic oxidation sites excluding steroid dienone is 2. The number of carbonyl (C=O) groups is 2. The van der Waals surface area contributed by atoms with Gasteiger partial charge in [0.25, 0.3) is 0 Å². The molecular formula is C38H43BN2O6. The topological polar surface area (TPSA) is 103 Å². The maximum atomic E-state index is 14.2. The van der Waals surface area contributed by atoms with Crippen LogP contribution in [0.25, 0.3) is 11.6 Å². The SMILES string of the molecule is CC1=C2[C@@H](CC/C(=C/c3ccc(CO)o3)c3ccccc3)OB(O)C[C@@H]2[C@@H]2C(=O)N(C3CCN(Cc4ccccc4)CC3)C(=O)[C@@H]2C1. The molecular weight excluding hydrogens is 591 g/mol. The maximum Gasteiger partial charge on any atom is 0.455 e. The van der Waals surface area contributed by atoms with E-state index in [2.05, 4.69) is 48.2 Å². The zero-order valence-corrected chi connectivity index (χ0v) is 27.0. The van der Waals surface area contributed by atoms with Crippen LogP contribution < -0.4 is 0 Å². The van der Waals surface area contributed by atoms with Gasteiger partial charge in [-0.3, -0.25) is 19.4 Å². The molecule has 4 aliphatic rings. The normalized spacial score (nSPS) is 25.8. The predicted molar refractivity (Wildman–Crippen MR) is 180 cm³/mol. The minimum atomic E-state index is -1.00. The van der Waals surface area contributed by atoms with Gasteiger partial charge < -0.3 is 19.2 Å². The van der Waals surface area contributed by atoms with Crippen molar-refractivity contribution in [1.29, 1.82) is 0 Å². The van der Waals surface area contributed by atoms with E-state index in [-0.39, 0.29) is 42.4 Å². The molecule has 3 saturated heterocycles. The van der Waals surface area contributed by atoms with Crippen molar-refractivity contribution in [2.45, 2.75) is 70.6 Å².